The third kappa shape index (κ3) is 5.39. The van der Waals surface area contributed by atoms with Crippen LogP contribution in [0.5, 0.6) is 0 Å². The van der Waals surface area contributed by atoms with Crippen LogP contribution in [0.4, 0.5) is 0 Å². The summed E-state index contributed by atoms with van der Waals surface area (Å²) >= 11 is 0. The Bertz CT molecular complexity index is 4260. The van der Waals surface area contributed by atoms with Crippen molar-refractivity contribution in [3.8, 4) is 45.0 Å². The number of para-hydroxylation sites is 2. The summed E-state index contributed by atoms with van der Waals surface area (Å²) in [5.74, 6) is 0. The molecule has 0 bridgehead atoms. The van der Waals surface area contributed by atoms with Gasteiger partial charge in [-0.1, -0.05) is 182 Å². The van der Waals surface area contributed by atoms with Crippen molar-refractivity contribution >= 4 is 87.0 Å². The van der Waals surface area contributed by atoms with Crippen LogP contribution in [0.1, 0.15) is 0 Å². The van der Waals surface area contributed by atoms with Gasteiger partial charge in [0, 0.05) is 49.1 Å². The molecular formula is C62H38N4. The highest BCUT2D eigenvalue weighted by molar-refractivity contribution is 6.33. The maximum atomic E-state index is 5.35. The molecule has 0 fully saturated rings. The predicted octanol–water partition coefficient (Wildman–Crippen LogP) is 16.3. The second-order valence-electron chi connectivity index (χ2n) is 17.3. The Labute approximate surface area is 379 Å². The van der Waals surface area contributed by atoms with E-state index < -0.39 is 0 Å². The fraction of sp³-hybridized carbons (Fsp3) is 0. The summed E-state index contributed by atoms with van der Waals surface area (Å²) in [4.78, 5) is 10.6. The van der Waals surface area contributed by atoms with Gasteiger partial charge in [-0.05, 0) is 81.2 Å². The third-order valence-corrected chi connectivity index (χ3v) is 13.7. The topological polar surface area (TPSA) is 35.6 Å². The van der Waals surface area contributed by atoms with Gasteiger partial charge in [0.2, 0.25) is 0 Å². The van der Waals surface area contributed by atoms with Crippen LogP contribution in [-0.4, -0.2) is 19.1 Å². The van der Waals surface area contributed by atoms with E-state index in [-0.39, 0.29) is 0 Å². The lowest BCUT2D eigenvalue weighted by molar-refractivity contribution is 1.18. The monoisotopic (exact) mass is 838 g/mol. The van der Waals surface area contributed by atoms with Gasteiger partial charge in [-0.15, -0.1) is 0 Å². The van der Waals surface area contributed by atoms with Crippen molar-refractivity contribution in [3.63, 3.8) is 0 Å². The van der Waals surface area contributed by atoms with E-state index >= 15 is 0 Å². The zero-order chi connectivity index (χ0) is 43.3. The Hall–Kier alpha value is -8.86. The van der Waals surface area contributed by atoms with E-state index in [4.69, 9.17) is 9.97 Å². The summed E-state index contributed by atoms with van der Waals surface area (Å²) in [6.07, 6.45) is 0. The second kappa shape index (κ2) is 14.3. The van der Waals surface area contributed by atoms with Crippen molar-refractivity contribution < 1.29 is 0 Å². The first-order chi connectivity index (χ1) is 32.8. The minimum atomic E-state index is 0.861. The Kier molecular flexibility index (Phi) is 7.95. The van der Waals surface area contributed by atoms with Crippen molar-refractivity contribution in [1.82, 2.24) is 19.1 Å². The number of aromatic nitrogens is 4. The fourth-order valence-corrected chi connectivity index (χ4v) is 10.8. The number of hydrogen-bond donors (Lipinski definition) is 0. The molecule has 0 unspecified atom stereocenters. The smallest absolute Gasteiger partial charge is 0.0973 e. The van der Waals surface area contributed by atoms with E-state index in [1.54, 1.807) is 0 Å². The van der Waals surface area contributed by atoms with Crippen LogP contribution < -0.4 is 0 Å². The molecule has 14 rings (SSSR count). The van der Waals surface area contributed by atoms with Gasteiger partial charge in [-0.3, -0.25) is 0 Å². The Morgan fingerprint density at radius 1 is 0.288 bits per heavy atom. The third-order valence-electron chi connectivity index (χ3n) is 13.7. The molecule has 3 heterocycles. The van der Waals surface area contributed by atoms with Crippen LogP contribution >= 0.6 is 0 Å². The lowest BCUT2D eigenvalue weighted by atomic mass is 9.96. The number of fused-ring (bicyclic) bond motifs is 13. The van der Waals surface area contributed by atoms with Crippen LogP contribution in [0, 0.1) is 0 Å². The number of rotatable bonds is 5. The summed E-state index contributed by atoms with van der Waals surface area (Å²) in [5, 5.41) is 12.4. The van der Waals surface area contributed by atoms with E-state index in [0.29, 0.717) is 0 Å². The molecule has 4 heteroatoms. The molecule has 4 nitrogen and oxygen atoms in total. The summed E-state index contributed by atoms with van der Waals surface area (Å²) in [6.45, 7) is 0. The van der Waals surface area contributed by atoms with E-state index in [0.717, 1.165) is 56.0 Å². The molecule has 0 aliphatic heterocycles. The van der Waals surface area contributed by atoms with Gasteiger partial charge in [0.15, 0.2) is 0 Å². The van der Waals surface area contributed by atoms with Crippen LogP contribution in [0.3, 0.4) is 0 Å². The minimum Gasteiger partial charge on any atom is -0.309 e. The lowest BCUT2D eigenvalue weighted by Crippen LogP contribution is -1.98. The summed E-state index contributed by atoms with van der Waals surface area (Å²) in [5.41, 5.74) is 14.8. The Morgan fingerprint density at radius 2 is 0.833 bits per heavy atom. The second-order valence-corrected chi connectivity index (χ2v) is 17.3. The average molecular weight is 839 g/mol. The Balaban J connectivity index is 1.02. The minimum absolute atomic E-state index is 0.861. The summed E-state index contributed by atoms with van der Waals surface area (Å²) < 4.78 is 4.99. The zero-order valence-corrected chi connectivity index (χ0v) is 35.7. The zero-order valence-electron chi connectivity index (χ0n) is 35.7. The highest BCUT2D eigenvalue weighted by Crippen LogP contribution is 2.46. The van der Waals surface area contributed by atoms with Gasteiger partial charge in [-0.25, -0.2) is 9.97 Å². The summed E-state index contributed by atoms with van der Waals surface area (Å²) in [7, 11) is 0. The van der Waals surface area contributed by atoms with Crippen LogP contribution in [0.15, 0.2) is 231 Å². The van der Waals surface area contributed by atoms with Gasteiger partial charge in [0.05, 0.1) is 50.2 Å². The highest BCUT2D eigenvalue weighted by atomic mass is 15.0. The number of nitrogens with zero attached hydrogens (tertiary/aromatic N) is 4. The number of hydrogen-bond acceptors (Lipinski definition) is 2. The summed E-state index contributed by atoms with van der Waals surface area (Å²) in [6, 6.07) is 83.2. The van der Waals surface area contributed by atoms with Crippen molar-refractivity contribution in [3.05, 3.63) is 231 Å². The molecule has 0 N–H and O–H groups in total. The molecule has 3 aromatic heterocycles. The van der Waals surface area contributed by atoms with Crippen molar-refractivity contribution in [2.75, 3.05) is 0 Å². The Morgan fingerprint density at radius 3 is 1.55 bits per heavy atom. The van der Waals surface area contributed by atoms with E-state index in [1.807, 2.05) is 12.1 Å². The number of benzene rings is 11. The molecule has 0 aliphatic carbocycles. The molecule has 306 valence electrons. The molecule has 0 spiro atoms. The van der Waals surface area contributed by atoms with Gasteiger partial charge in [0.25, 0.3) is 0 Å². The normalized spacial score (nSPS) is 11.9. The molecule has 0 saturated heterocycles. The van der Waals surface area contributed by atoms with Crippen molar-refractivity contribution in [1.29, 1.82) is 0 Å². The van der Waals surface area contributed by atoms with Gasteiger partial charge in [-0.2, -0.15) is 0 Å². The maximum Gasteiger partial charge on any atom is 0.0973 e. The first-order valence-corrected chi connectivity index (χ1v) is 22.6. The largest absolute Gasteiger partial charge is 0.309 e. The van der Waals surface area contributed by atoms with Gasteiger partial charge >= 0.3 is 0 Å². The first-order valence-electron chi connectivity index (χ1n) is 22.6. The van der Waals surface area contributed by atoms with Crippen LogP contribution in [-0.2, 0) is 0 Å². The molecule has 0 radical (unpaired) electrons. The predicted molar refractivity (Wildman–Crippen MR) is 277 cm³/mol. The van der Waals surface area contributed by atoms with Crippen LogP contribution in [0.25, 0.3) is 132 Å². The van der Waals surface area contributed by atoms with E-state index in [1.165, 1.54) is 75.9 Å². The maximum absolute atomic E-state index is 5.35. The fourth-order valence-electron chi connectivity index (χ4n) is 10.8. The van der Waals surface area contributed by atoms with Gasteiger partial charge < -0.3 is 9.13 Å². The lowest BCUT2D eigenvalue weighted by Gasteiger charge is -2.16. The molecule has 0 amide bonds. The highest BCUT2D eigenvalue weighted by Gasteiger charge is 2.23. The van der Waals surface area contributed by atoms with Crippen molar-refractivity contribution in [2.24, 2.45) is 0 Å². The standard InChI is InChI=1S/C62H38N4/c1-4-18-39(19-5-1)60-61(40-20-6-2-7-21-40)64-54-36-41(32-34-53(54)63-60)43-33-35-56(47-27-13-10-24-44(43)47)66-55-31-17-16-28-48(55)51-37-52-58(38-57(51)66)65(42-22-8-3-9-23-42)62-50-30-15-12-26-46(50)45-25-11-14-29-49(45)59(52)62/h1-38H. The van der Waals surface area contributed by atoms with E-state index in [2.05, 4.69) is 228 Å². The van der Waals surface area contributed by atoms with Crippen molar-refractivity contribution in [2.45, 2.75) is 0 Å². The average Bonchev–Trinajstić information content (AvgIpc) is 3.90. The quantitative estimate of drug-likeness (QED) is 0.162. The molecule has 14 aromatic rings. The molecule has 0 saturated carbocycles. The first kappa shape index (κ1) is 36.6. The van der Waals surface area contributed by atoms with Crippen LogP contribution in [0.2, 0.25) is 0 Å². The molecule has 0 atom stereocenters. The molecule has 0 aliphatic rings. The molecule has 11 aromatic carbocycles. The molecular weight excluding hydrogens is 801 g/mol. The molecule has 66 heavy (non-hydrogen) atoms. The SMILES string of the molecule is c1ccc(-c2nc3ccc(-c4ccc(-n5c6ccccc6c6cc7c8c9ccccc9c9ccccc9c8n(-c8ccccc8)c7cc65)c5ccccc45)cc3nc2-c2ccccc2)cc1. The van der Waals surface area contributed by atoms with Gasteiger partial charge in [0.1, 0.15) is 0 Å². The van der Waals surface area contributed by atoms with E-state index in [9.17, 15) is 0 Å².